The summed E-state index contributed by atoms with van der Waals surface area (Å²) in [4.78, 5) is 26.2. The summed E-state index contributed by atoms with van der Waals surface area (Å²) in [5.74, 6) is 2.32. The molecule has 24 heavy (non-hydrogen) atoms. The third-order valence-electron chi connectivity index (χ3n) is 6.36. The van der Waals surface area contributed by atoms with Crippen LogP contribution in [0.3, 0.4) is 0 Å². The average Bonchev–Trinajstić information content (AvgIpc) is 3.17. The molecule has 2 aromatic rings. The fourth-order valence-corrected chi connectivity index (χ4v) is 6.47. The Hall–Kier alpha value is -1.69. The number of ketones is 1. The topological polar surface area (TPSA) is 65.1 Å². The summed E-state index contributed by atoms with van der Waals surface area (Å²) in [6.07, 6.45) is 6.98. The standard InChI is InChI=1S/C18H20N2O3S/c21-15(18-7-11-4-12(8-18)6-13(5-11)9-18)10-20-16(19-23-17(20)22)14-2-1-3-24-14/h1-3,11-13H,4-10H2. The maximum atomic E-state index is 13.2. The smallest absolute Gasteiger partial charge is 0.297 e. The third kappa shape index (κ3) is 2.15. The van der Waals surface area contributed by atoms with Gasteiger partial charge in [-0.2, -0.15) is 0 Å². The van der Waals surface area contributed by atoms with Crippen LogP contribution in [0.5, 0.6) is 0 Å². The van der Waals surface area contributed by atoms with Crippen molar-refractivity contribution in [3.05, 3.63) is 28.1 Å². The minimum Gasteiger partial charge on any atom is -0.297 e. The number of Topliss-reactive ketones (excluding diaryl/α,β-unsaturated/α-hetero) is 1. The highest BCUT2D eigenvalue weighted by molar-refractivity contribution is 7.13. The van der Waals surface area contributed by atoms with E-state index < -0.39 is 5.76 Å². The van der Waals surface area contributed by atoms with Gasteiger partial charge in [0.15, 0.2) is 11.6 Å². The van der Waals surface area contributed by atoms with Crippen molar-refractivity contribution in [1.82, 2.24) is 9.72 Å². The predicted molar refractivity (Wildman–Crippen MR) is 89.7 cm³/mol. The van der Waals surface area contributed by atoms with E-state index in [0.717, 1.165) is 41.9 Å². The lowest BCUT2D eigenvalue weighted by Crippen LogP contribution is -2.51. The van der Waals surface area contributed by atoms with Gasteiger partial charge in [-0.1, -0.05) is 11.2 Å². The highest BCUT2D eigenvalue weighted by Crippen LogP contribution is 2.60. The first-order chi connectivity index (χ1) is 11.6. The third-order valence-corrected chi connectivity index (χ3v) is 7.23. The van der Waals surface area contributed by atoms with Crippen molar-refractivity contribution < 1.29 is 9.32 Å². The molecule has 0 aliphatic heterocycles. The first-order valence-electron chi connectivity index (χ1n) is 8.77. The number of hydrogen-bond acceptors (Lipinski definition) is 5. The van der Waals surface area contributed by atoms with Crippen molar-refractivity contribution in [1.29, 1.82) is 0 Å². The highest BCUT2D eigenvalue weighted by atomic mass is 32.1. The molecule has 5 nitrogen and oxygen atoms in total. The second kappa shape index (κ2) is 5.15. The number of hydrogen-bond donors (Lipinski definition) is 0. The summed E-state index contributed by atoms with van der Waals surface area (Å²) in [6, 6.07) is 3.80. The Balaban J connectivity index is 1.46. The molecule has 4 saturated carbocycles. The van der Waals surface area contributed by atoms with Crippen molar-refractivity contribution in [2.24, 2.45) is 23.2 Å². The molecule has 0 radical (unpaired) electrons. The molecule has 0 atom stereocenters. The van der Waals surface area contributed by atoms with Crippen molar-refractivity contribution >= 4 is 17.1 Å². The lowest BCUT2D eigenvalue weighted by Gasteiger charge is -2.55. The molecule has 0 spiro atoms. The minimum atomic E-state index is -0.531. The van der Waals surface area contributed by atoms with Gasteiger partial charge in [0, 0.05) is 5.41 Å². The van der Waals surface area contributed by atoms with Crippen molar-refractivity contribution in [2.75, 3.05) is 0 Å². The molecule has 4 aliphatic rings. The van der Waals surface area contributed by atoms with Gasteiger partial charge in [-0.05, 0) is 67.7 Å². The largest absolute Gasteiger partial charge is 0.442 e. The SMILES string of the molecule is O=C(Cn1c(-c2cccs2)noc1=O)C12CC3CC(CC(C3)C1)C2. The van der Waals surface area contributed by atoms with Crippen LogP contribution < -0.4 is 5.76 Å². The Kier molecular flexibility index (Phi) is 3.14. The Labute approximate surface area is 143 Å². The van der Waals surface area contributed by atoms with E-state index in [2.05, 4.69) is 5.16 Å². The number of carbonyl (C=O) groups is 1. The van der Waals surface area contributed by atoms with Crippen molar-refractivity contribution in [3.63, 3.8) is 0 Å². The molecule has 0 N–H and O–H groups in total. The Morgan fingerprint density at radius 3 is 2.50 bits per heavy atom. The van der Waals surface area contributed by atoms with Crippen LogP contribution in [-0.4, -0.2) is 15.5 Å². The molecule has 4 fully saturated rings. The van der Waals surface area contributed by atoms with Gasteiger partial charge in [0.2, 0.25) is 0 Å². The zero-order valence-electron chi connectivity index (χ0n) is 13.4. The molecule has 2 heterocycles. The summed E-state index contributed by atoms with van der Waals surface area (Å²) in [6.45, 7) is 0.0989. The molecule has 4 bridgehead atoms. The van der Waals surface area contributed by atoms with E-state index in [0.29, 0.717) is 5.82 Å². The molecule has 2 aromatic heterocycles. The lowest BCUT2D eigenvalue weighted by atomic mass is 9.48. The van der Waals surface area contributed by atoms with Gasteiger partial charge in [-0.15, -0.1) is 11.3 Å². The molecule has 0 unspecified atom stereocenters. The van der Waals surface area contributed by atoms with Gasteiger partial charge in [0.05, 0.1) is 11.4 Å². The maximum absolute atomic E-state index is 13.2. The van der Waals surface area contributed by atoms with Crippen molar-refractivity contribution in [3.8, 4) is 10.7 Å². The number of carbonyl (C=O) groups excluding carboxylic acids is 1. The summed E-state index contributed by atoms with van der Waals surface area (Å²) >= 11 is 1.50. The fourth-order valence-electron chi connectivity index (χ4n) is 5.75. The highest BCUT2D eigenvalue weighted by Gasteiger charge is 2.54. The van der Waals surface area contributed by atoms with Gasteiger partial charge in [-0.25, -0.2) is 9.36 Å². The first-order valence-corrected chi connectivity index (χ1v) is 9.65. The summed E-state index contributed by atoms with van der Waals surface area (Å²) < 4.78 is 6.27. The Bertz CT molecular complexity index is 798. The van der Waals surface area contributed by atoms with Crippen LogP contribution >= 0.6 is 11.3 Å². The maximum Gasteiger partial charge on any atom is 0.442 e. The zero-order chi connectivity index (χ0) is 16.3. The first kappa shape index (κ1) is 14.6. The summed E-state index contributed by atoms with van der Waals surface area (Å²) in [5, 5.41) is 5.82. The Morgan fingerprint density at radius 2 is 1.92 bits per heavy atom. The summed E-state index contributed by atoms with van der Waals surface area (Å²) in [7, 11) is 0. The van der Waals surface area contributed by atoms with Gasteiger partial charge >= 0.3 is 5.76 Å². The minimum absolute atomic E-state index is 0.0989. The van der Waals surface area contributed by atoms with E-state index in [1.165, 1.54) is 35.2 Å². The average molecular weight is 344 g/mol. The molecule has 126 valence electrons. The van der Waals surface area contributed by atoms with E-state index in [-0.39, 0.29) is 17.7 Å². The molecule has 6 rings (SSSR count). The molecule has 0 aromatic carbocycles. The van der Waals surface area contributed by atoms with E-state index in [4.69, 9.17) is 4.52 Å². The van der Waals surface area contributed by atoms with Gasteiger partial charge in [0.25, 0.3) is 0 Å². The lowest BCUT2D eigenvalue weighted by molar-refractivity contribution is -0.144. The monoisotopic (exact) mass is 344 g/mol. The van der Waals surface area contributed by atoms with E-state index >= 15 is 0 Å². The quantitative estimate of drug-likeness (QED) is 0.853. The van der Waals surface area contributed by atoms with Gasteiger partial charge < -0.3 is 0 Å². The Morgan fingerprint density at radius 1 is 1.25 bits per heavy atom. The second-order valence-electron chi connectivity index (χ2n) is 7.96. The van der Waals surface area contributed by atoms with Gasteiger partial charge in [-0.3, -0.25) is 9.32 Å². The number of nitrogens with zero attached hydrogens (tertiary/aromatic N) is 2. The normalized spacial score (nSPS) is 33.9. The number of rotatable bonds is 4. The van der Waals surface area contributed by atoms with E-state index in [1.54, 1.807) is 0 Å². The zero-order valence-corrected chi connectivity index (χ0v) is 14.3. The van der Waals surface area contributed by atoms with Gasteiger partial charge in [0.1, 0.15) is 0 Å². The number of thiophene rings is 1. The molecule has 0 amide bonds. The second-order valence-corrected chi connectivity index (χ2v) is 8.90. The summed E-state index contributed by atoms with van der Waals surface area (Å²) in [5.41, 5.74) is -0.196. The number of aromatic nitrogens is 2. The van der Waals surface area contributed by atoms with Crippen LogP contribution in [0.25, 0.3) is 10.7 Å². The predicted octanol–water partition coefficient (Wildman–Crippen LogP) is 3.35. The molecular weight excluding hydrogens is 324 g/mol. The van der Waals surface area contributed by atoms with Crippen LogP contribution in [0.2, 0.25) is 0 Å². The van der Waals surface area contributed by atoms with E-state index in [9.17, 15) is 9.59 Å². The van der Waals surface area contributed by atoms with E-state index in [1.807, 2.05) is 17.5 Å². The van der Waals surface area contributed by atoms with Crippen LogP contribution in [0.4, 0.5) is 0 Å². The fraction of sp³-hybridized carbons (Fsp3) is 0.611. The van der Waals surface area contributed by atoms with Crippen molar-refractivity contribution in [2.45, 2.75) is 45.1 Å². The molecule has 0 saturated heterocycles. The van der Waals surface area contributed by atoms with Crippen LogP contribution in [0.15, 0.2) is 26.8 Å². The van der Waals surface area contributed by atoms with Crippen LogP contribution in [-0.2, 0) is 11.3 Å². The molecule has 6 heteroatoms. The molecular formula is C18H20N2O3S. The van der Waals surface area contributed by atoms with Crippen LogP contribution in [0.1, 0.15) is 38.5 Å². The molecule has 4 aliphatic carbocycles. The van der Waals surface area contributed by atoms with Crippen LogP contribution in [0, 0.1) is 23.2 Å².